The molecule has 1 aliphatic rings. The zero-order chi connectivity index (χ0) is 14.2. The van der Waals surface area contributed by atoms with Crippen molar-refractivity contribution in [3.8, 4) is 5.75 Å². The Morgan fingerprint density at radius 1 is 1.20 bits per heavy atom. The third-order valence-electron chi connectivity index (χ3n) is 3.90. The van der Waals surface area contributed by atoms with E-state index in [1.807, 2.05) is 18.2 Å². The highest BCUT2D eigenvalue weighted by Gasteiger charge is 2.09. The van der Waals surface area contributed by atoms with E-state index in [4.69, 9.17) is 16.3 Å². The Labute approximate surface area is 127 Å². The molecule has 0 amide bonds. The van der Waals surface area contributed by atoms with Crippen molar-refractivity contribution >= 4 is 11.6 Å². The van der Waals surface area contributed by atoms with Crippen molar-refractivity contribution in [2.45, 2.75) is 32.2 Å². The first-order valence-electron chi connectivity index (χ1n) is 7.55. The van der Waals surface area contributed by atoms with Crippen molar-refractivity contribution in [2.24, 2.45) is 0 Å². The summed E-state index contributed by atoms with van der Waals surface area (Å²) < 4.78 is 5.35. The molecule has 4 heteroatoms. The summed E-state index contributed by atoms with van der Waals surface area (Å²) >= 11 is 6.23. The lowest BCUT2D eigenvalue weighted by atomic mass is 10.2. The topological polar surface area (TPSA) is 24.5 Å². The Hall–Kier alpha value is -0.770. The second kappa shape index (κ2) is 8.50. The number of ether oxygens (including phenoxy) is 1. The zero-order valence-corrected chi connectivity index (χ0v) is 13.1. The molecule has 0 saturated carbocycles. The van der Waals surface area contributed by atoms with E-state index in [0.29, 0.717) is 0 Å². The summed E-state index contributed by atoms with van der Waals surface area (Å²) in [5.41, 5.74) is 1.05. The molecule has 1 saturated heterocycles. The minimum absolute atomic E-state index is 0.761. The maximum atomic E-state index is 6.23. The number of rotatable bonds is 6. The van der Waals surface area contributed by atoms with Gasteiger partial charge in [0.1, 0.15) is 5.75 Å². The summed E-state index contributed by atoms with van der Waals surface area (Å²) in [5, 5.41) is 4.25. The Morgan fingerprint density at radius 3 is 2.65 bits per heavy atom. The molecule has 20 heavy (non-hydrogen) atoms. The maximum Gasteiger partial charge on any atom is 0.124 e. The quantitative estimate of drug-likeness (QED) is 0.815. The van der Waals surface area contributed by atoms with Crippen LogP contribution in [0.1, 0.15) is 31.2 Å². The van der Waals surface area contributed by atoms with Gasteiger partial charge in [-0.2, -0.15) is 0 Å². The van der Waals surface area contributed by atoms with Gasteiger partial charge in [-0.05, 0) is 38.1 Å². The summed E-state index contributed by atoms with van der Waals surface area (Å²) in [6.45, 7) is 5.37. The average molecular weight is 297 g/mol. The predicted octanol–water partition coefficient (Wildman–Crippen LogP) is 3.31. The van der Waals surface area contributed by atoms with Crippen LogP contribution in [0.5, 0.6) is 5.75 Å². The van der Waals surface area contributed by atoms with Gasteiger partial charge in [0.25, 0.3) is 0 Å². The van der Waals surface area contributed by atoms with Gasteiger partial charge in [0, 0.05) is 30.2 Å². The van der Waals surface area contributed by atoms with Crippen LogP contribution in [0.3, 0.4) is 0 Å². The molecule has 0 atom stereocenters. The fraction of sp³-hybridized carbons (Fsp3) is 0.625. The minimum atomic E-state index is 0.761. The SMILES string of the molecule is COc1cccc(Cl)c1CNCCN1CCCCCC1. The van der Waals surface area contributed by atoms with E-state index in [9.17, 15) is 0 Å². The molecule has 0 unspecified atom stereocenters. The number of nitrogens with zero attached hydrogens (tertiary/aromatic N) is 1. The molecule has 1 aromatic rings. The second-order valence-electron chi connectivity index (χ2n) is 5.35. The molecular formula is C16H25ClN2O. The van der Waals surface area contributed by atoms with Crippen LogP contribution in [0.25, 0.3) is 0 Å². The molecule has 2 rings (SSSR count). The Morgan fingerprint density at radius 2 is 1.95 bits per heavy atom. The molecule has 0 spiro atoms. The van der Waals surface area contributed by atoms with Crippen molar-refractivity contribution in [1.29, 1.82) is 0 Å². The first-order chi connectivity index (χ1) is 9.81. The molecule has 0 aromatic heterocycles. The van der Waals surface area contributed by atoms with Gasteiger partial charge < -0.3 is 15.0 Å². The van der Waals surface area contributed by atoms with Crippen molar-refractivity contribution in [1.82, 2.24) is 10.2 Å². The summed E-state index contributed by atoms with van der Waals surface area (Å²) in [4.78, 5) is 2.56. The average Bonchev–Trinajstić information content (AvgIpc) is 2.73. The lowest BCUT2D eigenvalue weighted by Crippen LogP contribution is -2.32. The Balaban J connectivity index is 1.75. The third kappa shape index (κ3) is 4.65. The monoisotopic (exact) mass is 296 g/mol. The fourth-order valence-electron chi connectivity index (χ4n) is 2.71. The van der Waals surface area contributed by atoms with Gasteiger partial charge in [0.2, 0.25) is 0 Å². The van der Waals surface area contributed by atoms with Gasteiger partial charge in [-0.15, -0.1) is 0 Å². The van der Waals surface area contributed by atoms with E-state index < -0.39 is 0 Å². The molecule has 1 aromatic carbocycles. The third-order valence-corrected chi connectivity index (χ3v) is 4.26. The van der Waals surface area contributed by atoms with Crippen molar-refractivity contribution in [2.75, 3.05) is 33.3 Å². The number of hydrogen-bond acceptors (Lipinski definition) is 3. The molecule has 1 aliphatic heterocycles. The Kier molecular flexibility index (Phi) is 6.64. The van der Waals surface area contributed by atoms with Crippen LogP contribution in [0.15, 0.2) is 18.2 Å². The summed E-state index contributed by atoms with van der Waals surface area (Å²) in [6, 6.07) is 5.79. The first-order valence-corrected chi connectivity index (χ1v) is 7.93. The van der Waals surface area contributed by atoms with Crippen LogP contribution in [-0.4, -0.2) is 38.2 Å². The summed E-state index contributed by atoms with van der Waals surface area (Å²) in [5.74, 6) is 0.861. The first kappa shape index (κ1) is 15.6. The zero-order valence-electron chi connectivity index (χ0n) is 12.3. The van der Waals surface area contributed by atoms with Crippen LogP contribution in [0.2, 0.25) is 5.02 Å². The molecule has 3 nitrogen and oxygen atoms in total. The molecule has 112 valence electrons. The highest BCUT2D eigenvalue weighted by molar-refractivity contribution is 6.31. The van der Waals surface area contributed by atoms with E-state index in [1.54, 1.807) is 7.11 Å². The van der Waals surface area contributed by atoms with Crippen molar-refractivity contribution < 1.29 is 4.74 Å². The largest absolute Gasteiger partial charge is 0.496 e. The van der Waals surface area contributed by atoms with E-state index in [2.05, 4.69) is 10.2 Å². The smallest absolute Gasteiger partial charge is 0.124 e. The number of nitrogens with one attached hydrogen (secondary N) is 1. The highest BCUT2D eigenvalue weighted by atomic mass is 35.5. The van der Waals surface area contributed by atoms with E-state index in [0.717, 1.165) is 36.0 Å². The normalized spacial score (nSPS) is 16.9. The number of hydrogen-bond donors (Lipinski definition) is 1. The van der Waals surface area contributed by atoms with Gasteiger partial charge >= 0.3 is 0 Å². The van der Waals surface area contributed by atoms with Crippen LogP contribution in [0, 0.1) is 0 Å². The van der Waals surface area contributed by atoms with Crippen molar-refractivity contribution in [3.05, 3.63) is 28.8 Å². The number of methoxy groups -OCH3 is 1. The summed E-state index contributed by atoms with van der Waals surface area (Å²) in [6.07, 6.45) is 5.47. The molecule has 1 fully saturated rings. The summed E-state index contributed by atoms with van der Waals surface area (Å²) in [7, 11) is 1.69. The molecule has 1 N–H and O–H groups in total. The van der Waals surface area contributed by atoms with Crippen LogP contribution in [0.4, 0.5) is 0 Å². The number of benzene rings is 1. The van der Waals surface area contributed by atoms with Crippen LogP contribution >= 0.6 is 11.6 Å². The maximum absolute atomic E-state index is 6.23. The van der Waals surface area contributed by atoms with Crippen molar-refractivity contribution in [3.63, 3.8) is 0 Å². The fourth-order valence-corrected chi connectivity index (χ4v) is 2.94. The standard InChI is InChI=1S/C16H25ClN2O/c1-20-16-8-6-7-15(17)14(16)13-18-9-12-19-10-4-2-3-5-11-19/h6-8,18H,2-5,9-13H2,1H3. The number of halogens is 1. The van der Waals surface area contributed by atoms with Gasteiger partial charge in [-0.1, -0.05) is 30.5 Å². The molecule has 1 heterocycles. The predicted molar refractivity (Wildman–Crippen MR) is 84.6 cm³/mol. The van der Waals surface area contributed by atoms with Gasteiger partial charge in [-0.25, -0.2) is 0 Å². The Bertz CT molecular complexity index is 403. The van der Waals surface area contributed by atoms with Crippen LogP contribution < -0.4 is 10.1 Å². The molecule has 0 bridgehead atoms. The highest BCUT2D eigenvalue weighted by Crippen LogP contribution is 2.25. The lowest BCUT2D eigenvalue weighted by molar-refractivity contribution is 0.284. The van der Waals surface area contributed by atoms with E-state index in [1.165, 1.54) is 38.8 Å². The minimum Gasteiger partial charge on any atom is -0.496 e. The van der Waals surface area contributed by atoms with E-state index >= 15 is 0 Å². The molecule has 0 aliphatic carbocycles. The van der Waals surface area contributed by atoms with E-state index in [-0.39, 0.29) is 0 Å². The molecular weight excluding hydrogens is 272 g/mol. The molecule has 0 radical (unpaired) electrons. The van der Waals surface area contributed by atoms with Crippen LogP contribution in [-0.2, 0) is 6.54 Å². The van der Waals surface area contributed by atoms with Gasteiger partial charge in [0.05, 0.1) is 7.11 Å². The lowest BCUT2D eigenvalue weighted by Gasteiger charge is -2.20. The van der Waals surface area contributed by atoms with Gasteiger partial charge in [0.15, 0.2) is 0 Å². The second-order valence-corrected chi connectivity index (χ2v) is 5.76. The number of likely N-dealkylation sites (tertiary alicyclic amines) is 1. The van der Waals surface area contributed by atoms with Gasteiger partial charge in [-0.3, -0.25) is 0 Å².